The molecule has 19 heavy (non-hydrogen) atoms. The molecule has 0 saturated carbocycles. The van der Waals surface area contributed by atoms with E-state index in [2.05, 4.69) is 51.2 Å². The molecule has 0 spiro atoms. The summed E-state index contributed by atoms with van der Waals surface area (Å²) in [5.41, 5.74) is 2.55. The van der Waals surface area contributed by atoms with Gasteiger partial charge in [0.05, 0.1) is 7.11 Å². The third kappa shape index (κ3) is 4.24. The first kappa shape index (κ1) is 16.0. The molecular formula is C17H29NO. The molecule has 1 atom stereocenters. The lowest BCUT2D eigenvalue weighted by molar-refractivity contribution is 0.325. The summed E-state index contributed by atoms with van der Waals surface area (Å²) in [6, 6.07) is 6.93. The van der Waals surface area contributed by atoms with Gasteiger partial charge in [-0.2, -0.15) is 0 Å². The van der Waals surface area contributed by atoms with Gasteiger partial charge in [-0.3, -0.25) is 0 Å². The van der Waals surface area contributed by atoms with E-state index < -0.39 is 0 Å². The van der Waals surface area contributed by atoms with Crippen LogP contribution in [0.2, 0.25) is 0 Å². The van der Waals surface area contributed by atoms with Gasteiger partial charge in [-0.05, 0) is 37.4 Å². The van der Waals surface area contributed by atoms with Crippen molar-refractivity contribution in [2.75, 3.05) is 13.7 Å². The summed E-state index contributed by atoms with van der Waals surface area (Å²) in [5, 5.41) is 3.70. The summed E-state index contributed by atoms with van der Waals surface area (Å²) >= 11 is 0. The molecule has 1 rings (SSSR count). The molecule has 1 aromatic carbocycles. The van der Waals surface area contributed by atoms with Crippen molar-refractivity contribution in [1.29, 1.82) is 0 Å². The van der Waals surface area contributed by atoms with Crippen molar-refractivity contribution >= 4 is 0 Å². The van der Waals surface area contributed by atoms with Crippen LogP contribution in [-0.2, 0) is 0 Å². The molecule has 0 aromatic heterocycles. The highest BCUT2D eigenvalue weighted by molar-refractivity contribution is 5.39. The largest absolute Gasteiger partial charge is 0.496 e. The Morgan fingerprint density at radius 3 is 2.37 bits per heavy atom. The second-order valence-corrected chi connectivity index (χ2v) is 5.25. The fourth-order valence-corrected chi connectivity index (χ4v) is 2.67. The summed E-state index contributed by atoms with van der Waals surface area (Å²) in [6.45, 7) is 9.92. The Kier molecular flexibility index (Phi) is 6.93. The zero-order valence-corrected chi connectivity index (χ0v) is 13.1. The van der Waals surface area contributed by atoms with Gasteiger partial charge in [-0.15, -0.1) is 0 Å². The van der Waals surface area contributed by atoms with Crippen LogP contribution in [0, 0.1) is 12.8 Å². The maximum Gasteiger partial charge on any atom is 0.123 e. The molecule has 0 aliphatic carbocycles. The van der Waals surface area contributed by atoms with Crippen molar-refractivity contribution in [1.82, 2.24) is 5.32 Å². The van der Waals surface area contributed by atoms with Gasteiger partial charge >= 0.3 is 0 Å². The maximum absolute atomic E-state index is 5.59. The Morgan fingerprint density at radius 2 is 1.84 bits per heavy atom. The van der Waals surface area contributed by atoms with Crippen LogP contribution in [0.15, 0.2) is 18.2 Å². The Bertz CT molecular complexity index is 372. The minimum absolute atomic E-state index is 0.394. The van der Waals surface area contributed by atoms with E-state index in [9.17, 15) is 0 Å². The van der Waals surface area contributed by atoms with Crippen LogP contribution in [-0.4, -0.2) is 13.7 Å². The first-order chi connectivity index (χ1) is 9.17. The van der Waals surface area contributed by atoms with Crippen LogP contribution in [0.25, 0.3) is 0 Å². The van der Waals surface area contributed by atoms with Crippen LogP contribution < -0.4 is 10.1 Å². The summed E-state index contributed by atoms with van der Waals surface area (Å²) < 4.78 is 5.59. The minimum Gasteiger partial charge on any atom is -0.496 e. The van der Waals surface area contributed by atoms with Crippen molar-refractivity contribution in [2.45, 2.75) is 53.0 Å². The zero-order valence-electron chi connectivity index (χ0n) is 13.1. The number of ether oxygens (including phenoxy) is 1. The van der Waals surface area contributed by atoms with E-state index in [0.717, 1.165) is 18.7 Å². The average molecular weight is 263 g/mol. The van der Waals surface area contributed by atoms with Gasteiger partial charge in [0.1, 0.15) is 5.75 Å². The third-order valence-electron chi connectivity index (χ3n) is 3.86. The van der Waals surface area contributed by atoms with E-state index in [1.165, 1.54) is 24.0 Å². The highest BCUT2D eigenvalue weighted by Crippen LogP contribution is 2.34. The first-order valence-corrected chi connectivity index (χ1v) is 7.55. The summed E-state index contributed by atoms with van der Waals surface area (Å²) in [7, 11) is 1.77. The van der Waals surface area contributed by atoms with Crippen molar-refractivity contribution < 1.29 is 4.74 Å². The van der Waals surface area contributed by atoms with E-state index in [1.807, 2.05) is 0 Å². The van der Waals surface area contributed by atoms with Crippen LogP contribution in [0.3, 0.4) is 0 Å². The smallest absolute Gasteiger partial charge is 0.123 e. The molecule has 1 unspecified atom stereocenters. The normalized spacial score (nSPS) is 12.7. The Balaban J connectivity index is 3.08. The second kappa shape index (κ2) is 8.21. The van der Waals surface area contributed by atoms with Gasteiger partial charge < -0.3 is 10.1 Å². The van der Waals surface area contributed by atoms with E-state index in [0.29, 0.717) is 12.0 Å². The maximum atomic E-state index is 5.59. The Hall–Kier alpha value is -1.02. The summed E-state index contributed by atoms with van der Waals surface area (Å²) in [4.78, 5) is 0. The van der Waals surface area contributed by atoms with Crippen LogP contribution >= 0.6 is 0 Å². The van der Waals surface area contributed by atoms with Gasteiger partial charge in [0.2, 0.25) is 0 Å². The van der Waals surface area contributed by atoms with E-state index >= 15 is 0 Å². The van der Waals surface area contributed by atoms with Crippen molar-refractivity contribution in [3.8, 4) is 5.75 Å². The quantitative estimate of drug-likeness (QED) is 0.746. The van der Waals surface area contributed by atoms with Gasteiger partial charge in [0.15, 0.2) is 0 Å². The van der Waals surface area contributed by atoms with Crippen molar-refractivity contribution in [3.05, 3.63) is 29.3 Å². The minimum atomic E-state index is 0.394. The molecule has 0 saturated heterocycles. The average Bonchev–Trinajstić information content (AvgIpc) is 2.43. The fraction of sp³-hybridized carbons (Fsp3) is 0.647. The molecule has 0 bridgehead atoms. The second-order valence-electron chi connectivity index (χ2n) is 5.25. The number of nitrogens with one attached hydrogen (secondary N) is 1. The fourth-order valence-electron chi connectivity index (χ4n) is 2.67. The molecule has 0 amide bonds. The molecule has 0 aliphatic heterocycles. The van der Waals surface area contributed by atoms with Gasteiger partial charge in [0.25, 0.3) is 0 Å². The molecule has 0 aliphatic rings. The number of hydrogen-bond acceptors (Lipinski definition) is 2. The van der Waals surface area contributed by atoms with Gasteiger partial charge in [-0.1, -0.05) is 45.7 Å². The Labute approximate surface area is 118 Å². The highest BCUT2D eigenvalue weighted by atomic mass is 16.5. The predicted molar refractivity (Wildman–Crippen MR) is 82.8 cm³/mol. The molecule has 2 heteroatoms. The van der Waals surface area contributed by atoms with E-state index in [-0.39, 0.29) is 0 Å². The van der Waals surface area contributed by atoms with Crippen LogP contribution in [0.1, 0.15) is 57.2 Å². The van der Waals surface area contributed by atoms with E-state index in [1.54, 1.807) is 7.11 Å². The predicted octanol–water partition coefficient (Wildman–Crippen LogP) is 4.48. The molecule has 2 nitrogen and oxygen atoms in total. The van der Waals surface area contributed by atoms with Gasteiger partial charge in [-0.25, -0.2) is 0 Å². The van der Waals surface area contributed by atoms with E-state index in [4.69, 9.17) is 4.74 Å². The lowest BCUT2D eigenvalue weighted by Crippen LogP contribution is -2.29. The Morgan fingerprint density at radius 1 is 1.16 bits per heavy atom. The molecular weight excluding hydrogens is 234 g/mol. The standard InChI is InChI=1S/C17H29NO/c1-6-11-18-17(14(7-2)8-3)15-10-9-13(4)12-16(15)19-5/h9-10,12,14,17-18H,6-8,11H2,1-5H3. The molecule has 1 N–H and O–H groups in total. The highest BCUT2D eigenvalue weighted by Gasteiger charge is 2.22. The number of methoxy groups -OCH3 is 1. The molecule has 0 heterocycles. The van der Waals surface area contributed by atoms with Crippen LogP contribution in [0.5, 0.6) is 5.75 Å². The molecule has 108 valence electrons. The molecule has 1 aromatic rings. The summed E-state index contributed by atoms with van der Waals surface area (Å²) in [6.07, 6.45) is 3.54. The number of benzene rings is 1. The SMILES string of the molecule is CCCNC(c1ccc(C)cc1OC)C(CC)CC. The monoisotopic (exact) mass is 263 g/mol. The zero-order chi connectivity index (χ0) is 14.3. The molecule has 0 radical (unpaired) electrons. The lowest BCUT2D eigenvalue weighted by atomic mass is 9.88. The lowest BCUT2D eigenvalue weighted by Gasteiger charge is -2.28. The van der Waals surface area contributed by atoms with Crippen molar-refractivity contribution in [2.24, 2.45) is 5.92 Å². The number of aryl methyl sites for hydroxylation is 1. The topological polar surface area (TPSA) is 21.3 Å². The summed E-state index contributed by atoms with van der Waals surface area (Å²) in [5.74, 6) is 1.67. The number of rotatable bonds is 8. The number of hydrogen-bond donors (Lipinski definition) is 1. The van der Waals surface area contributed by atoms with Crippen LogP contribution in [0.4, 0.5) is 0 Å². The van der Waals surface area contributed by atoms with Crippen molar-refractivity contribution in [3.63, 3.8) is 0 Å². The molecule has 0 fully saturated rings. The third-order valence-corrected chi connectivity index (χ3v) is 3.86. The van der Waals surface area contributed by atoms with Gasteiger partial charge in [0, 0.05) is 11.6 Å². The first-order valence-electron chi connectivity index (χ1n) is 7.55.